The van der Waals surface area contributed by atoms with Crippen LogP contribution in [0.4, 0.5) is 5.69 Å². The SMILES string of the molecule is O=[N+]([O-])c1cnc2nc(C3CC3)[nH]c2c1. The lowest BCUT2D eigenvalue weighted by Crippen LogP contribution is -1.88. The van der Waals surface area contributed by atoms with Gasteiger partial charge in [-0.1, -0.05) is 0 Å². The maximum absolute atomic E-state index is 10.5. The highest BCUT2D eigenvalue weighted by Gasteiger charge is 2.27. The highest BCUT2D eigenvalue weighted by molar-refractivity contribution is 5.73. The molecule has 1 aliphatic rings. The van der Waals surface area contributed by atoms with Crippen molar-refractivity contribution >= 4 is 16.9 Å². The number of H-pyrrole nitrogens is 1. The zero-order valence-electron chi connectivity index (χ0n) is 7.80. The van der Waals surface area contributed by atoms with E-state index >= 15 is 0 Å². The van der Waals surface area contributed by atoms with Crippen LogP contribution in [0.3, 0.4) is 0 Å². The second-order valence-corrected chi connectivity index (χ2v) is 3.72. The summed E-state index contributed by atoms with van der Waals surface area (Å²) in [4.78, 5) is 21.4. The van der Waals surface area contributed by atoms with Crippen molar-refractivity contribution in [1.82, 2.24) is 15.0 Å². The second kappa shape index (κ2) is 2.75. The number of pyridine rings is 1. The van der Waals surface area contributed by atoms with Gasteiger partial charge >= 0.3 is 0 Å². The molecule has 1 fully saturated rings. The van der Waals surface area contributed by atoms with E-state index in [1.54, 1.807) is 0 Å². The molecule has 6 heteroatoms. The molecule has 0 atom stereocenters. The molecular formula is C9H8N4O2. The highest BCUT2D eigenvalue weighted by Crippen LogP contribution is 2.38. The molecule has 76 valence electrons. The van der Waals surface area contributed by atoms with Crippen LogP contribution in [0.5, 0.6) is 0 Å². The Kier molecular flexibility index (Phi) is 1.53. The van der Waals surface area contributed by atoms with Gasteiger partial charge in [0.25, 0.3) is 5.69 Å². The minimum atomic E-state index is -0.454. The van der Waals surface area contributed by atoms with E-state index in [2.05, 4.69) is 15.0 Å². The van der Waals surface area contributed by atoms with Gasteiger partial charge in [0.15, 0.2) is 5.65 Å². The lowest BCUT2D eigenvalue weighted by molar-refractivity contribution is -0.385. The van der Waals surface area contributed by atoms with E-state index in [1.165, 1.54) is 12.3 Å². The second-order valence-electron chi connectivity index (χ2n) is 3.72. The summed E-state index contributed by atoms with van der Waals surface area (Å²) in [5.74, 6) is 1.40. The molecular weight excluding hydrogens is 196 g/mol. The van der Waals surface area contributed by atoms with E-state index in [-0.39, 0.29) is 5.69 Å². The predicted octanol–water partition coefficient (Wildman–Crippen LogP) is 1.74. The Labute approximate surface area is 84.5 Å². The fraction of sp³-hybridized carbons (Fsp3) is 0.333. The monoisotopic (exact) mass is 204 g/mol. The van der Waals surface area contributed by atoms with Gasteiger partial charge in [0.1, 0.15) is 12.0 Å². The number of hydrogen-bond acceptors (Lipinski definition) is 4. The van der Waals surface area contributed by atoms with Crippen LogP contribution in [0.1, 0.15) is 24.6 Å². The Balaban J connectivity index is 2.13. The Morgan fingerprint density at radius 3 is 3.00 bits per heavy atom. The van der Waals surface area contributed by atoms with Crippen molar-refractivity contribution in [3.63, 3.8) is 0 Å². The lowest BCUT2D eigenvalue weighted by atomic mass is 10.4. The molecule has 2 aromatic rings. The first kappa shape index (κ1) is 8.34. The van der Waals surface area contributed by atoms with E-state index in [0.29, 0.717) is 17.1 Å². The van der Waals surface area contributed by atoms with Crippen molar-refractivity contribution in [3.8, 4) is 0 Å². The molecule has 0 aliphatic heterocycles. The van der Waals surface area contributed by atoms with Crippen LogP contribution in [0, 0.1) is 10.1 Å². The average molecular weight is 204 g/mol. The number of rotatable bonds is 2. The number of fused-ring (bicyclic) bond motifs is 1. The molecule has 1 aliphatic carbocycles. The van der Waals surface area contributed by atoms with Crippen LogP contribution < -0.4 is 0 Å². The third-order valence-electron chi connectivity index (χ3n) is 2.52. The summed E-state index contributed by atoms with van der Waals surface area (Å²) in [5.41, 5.74) is 1.20. The fourth-order valence-electron chi connectivity index (χ4n) is 1.56. The van der Waals surface area contributed by atoms with E-state index in [0.717, 1.165) is 18.7 Å². The molecule has 0 aromatic carbocycles. The summed E-state index contributed by atoms with van der Waals surface area (Å²) in [5, 5.41) is 10.5. The first-order chi connectivity index (χ1) is 7.24. The third kappa shape index (κ3) is 1.34. The van der Waals surface area contributed by atoms with E-state index < -0.39 is 4.92 Å². The van der Waals surface area contributed by atoms with Crippen molar-refractivity contribution in [3.05, 3.63) is 28.2 Å². The summed E-state index contributed by atoms with van der Waals surface area (Å²) >= 11 is 0. The largest absolute Gasteiger partial charge is 0.340 e. The summed E-state index contributed by atoms with van der Waals surface area (Å²) in [7, 11) is 0. The zero-order valence-corrected chi connectivity index (χ0v) is 7.80. The molecule has 1 saturated carbocycles. The Bertz CT molecular complexity index is 544. The topological polar surface area (TPSA) is 84.7 Å². The summed E-state index contributed by atoms with van der Waals surface area (Å²) in [6, 6.07) is 1.47. The smallest absolute Gasteiger partial charge is 0.289 e. The van der Waals surface area contributed by atoms with Gasteiger partial charge in [-0.3, -0.25) is 10.1 Å². The van der Waals surface area contributed by atoms with Crippen LogP contribution in [0.25, 0.3) is 11.2 Å². The van der Waals surface area contributed by atoms with Gasteiger partial charge in [0.05, 0.1) is 10.4 Å². The molecule has 0 saturated heterocycles. The molecule has 1 N–H and O–H groups in total. The van der Waals surface area contributed by atoms with Gasteiger partial charge in [-0.2, -0.15) is 0 Å². The number of nitro groups is 1. The van der Waals surface area contributed by atoms with Gasteiger partial charge in [0.2, 0.25) is 0 Å². The Morgan fingerprint density at radius 1 is 1.53 bits per heavy atom. The molecule has 15 heavy (non-hydrogen) atoms. The van der Waals surface area contributed by atoms with E-state index in [4.69, 9.17) is 0 Å². The third-order valence-corrected chi connectivity index (χ3v) is 2.52. The number of aromatic nitrogens is 3. The molecule has 0 bridgehead atoms. The predicted molar refractivity (Wildman–Crippen MR) is 52.5 cm³/mol. The lowest BCUT2D eigenvalue weighted by Gasteiger charge is -1.88. The van der Waals surface area contributed by atoms with Crippen molar-refractivity contribution in [2.45, 2.75) is 18.8 Å². The summed E-state index contributed by atoms with van der Waals surface area (Å²) in [6.07, 6.45) is 3.52. The van der Waals surface area contributed by atoms with Crippen LogP contribution in [0.15, 0.2) is 12.3 Å². The minimum Gasteiger partial charge on any atom is -0.340 e. The van der Waals surface area contributed by atoms with Crippen LogP contribution in [-0.2, 0) is 0 Å². The van der Waals surface area contributed by atoms with Crippen LogP contribution >= 0.6 is 0 Å². The van der Waals surface area contributed by atoms with Gasteiger partial charge in [-0.25, -0.2) is 9.97 Å². The van der Waals surface area contributed by atoms with Crippen molar-refractivity contribution in [2.24, 2.45) is 0 Å². The molecule has 6 nitrogen and oxygen atoms in total. The van der Waals surface area contributed by atoms with Crippen LogP contribution in [-0.4, -0.2) is 19.9 Å². The molecule has 3 rings (SSSR count). The zero-order chi connectivity index (χ0) is 10.4. The molecule has 2 heterocycles. The Hall–Kier alpha value is -1.98. The number of imidazole rings is 1. The molecule has 0 radical (unpaired) electrons. The summed E-state index contributed by atoms with van der Waals surface area (Å²) < 4.78 is 0. The standard InChI is InChI=1S/C9H8N4O2/c14-13(15)6-3-7-9(10-4-6)12-8(11-7)5-1-2-5/h3-5H,1-2H2,(H,10,11,12). The van der Waals surface area contributed by atoms with Crippen LogP contribution in [0.2, 0.25) is 0 Å². The normalized spacial score (nSPS) is 15.7. The quantitative estimate of drug-likeness (QED) is 0.596. The number of hydrogen-bond donors (Lipinski definition) is 1. The molecule has 0 amide bonds. The van der Waals surface area contributed by atoms with Gasteiger partial charge in [-0.05, 0) is 12.8 Å². The summed E-state index contributed by atoms with van der Waals surface area (Å²) in [6.45, 7) is 0. The molecule has 2 aromatic heterocycles. The van der Waals surface area contributed by atoms with Gasteiger partial charge in [0, 0.05) is 12.0 Å². The maximum atomic E-state index is 10.5. The average Bonchev–Trinajstić information content (AvgIpc) is 2.97. The van der Waals surface area contributed by atoms with Crippen molar-refractivity contribution < 1.29 is 4.92 Å². The van der Waals surface area contributed by atoms with Gasteiger partial charge < -0.3 is 4.98 Å². The maximum Gasteiger partial charge on any atom is 0.289 e. The fourth-order valence-corrected chi connectivity index (χ4v) is 1.56. The number of nitrogens with one attached hydrogen (secondary N) is 1. The molecule has 0 spiro atoms. The van der Waals surface area contributed by atoms with Crippen molar-refractivity contribution in [1.29, 1.82) is 0 Å². The number of nitrogens with zero attached hydrogens (tertiary/aromatic N) is 3. The first-order valence-electron chi connectivity index (χ1n) is 4.74. The number of aromatic amines is 1. The van der Waals surface area contributed by atoms with E-state index in [1.807, 2.05) is 0 Å². The van der Waals surface area contributed by atoms with E-state index in [9.17, 15) is 10.1 Å². The minimum absolute atomic E-state index is 0.00602. The Morgan fingerprint density at radius 2 is 2.33 bits per heavy atom. The highest BCUT2D eigenvalue weighted by atomic mass is 16.6. The molecule has 0 unspecified atom stereocenters. The van der Waals surface area contributed by atoms with Crippen molar-refractivity contribution in [2.75, 3.05) is 0 Å². The van der Waals surface area contributed by atoms with Gasteiger partial charge in [-0.15, -0.1) is 0 Å². The first-order valence-corrected chi connectivity index (χ1v) is 4.74.